The van der Waals surface area contributed by atoms with Crippen molar-refractivity contribution in [2.24, 2.45) is 0 Å². The molecule has 1 fully saturated rings. The van der Waals surface area contributed by atoms with Crippen LogP contribution in [0.3, 0.4) is 0 Å². The molecule has 0 unspecified atom stereocenters. The number of hydrogen-bond donors (Lipinski definition) is 1. The van der Waals surface area contributed by atoms with Crippen LogP contribution in [0.4, 0.5) is 5.82 Å². The second-order valence-electron chi connectivity index (χ2n) is 4.31. The molecule has 1 amide bonds. The first kappa shape index (κ1) is 12.4. The molecule has 1 aromatic rings. The molecular weight excluding hydrogens is 228 g/mol. The predicted molar refractivity (Wildman–Crippen MR) is 67.9 cm³/mol. The number of nitrogens with zero attached hydrogens (tertiary/aromatic N) is 3. The molecule has 0 bridgehead atoms. The van der Waals surface area contributed by atoms with Crippen LogP contribution in [0, 0.1) is 11.3 Å². The van der Waals surface area contributed by atoms with Crippen molar-refractivity contribution in [1.82, 2.24) is 9.88 Å². The number of amides is 1. The maximum absolute atomic E-state index is 11.6. The summed E-state index contributed by atoms with van der Waals surface area (Å²) in [4.78, 5) is 17.6. The van der Waals surface area contributed by atoms with E-state index in [1.807, 2.05) is 4.90 Å². The summed E-state index contributed by atoms with van der Waals surface area (Å²) in [5, 5.41) is 11.9. The third-order valence-corrected chi connectivity index (χ3v) is 3.00. The van der Waals surface area contributed by atoms with Crippen LogP contribution in [-0.4, -0.2) is 35.4 Å². The zero-order chi connectivity index (χ0) is 12.8. The second kappa shape index (κ2) is 6.01. The van der Waals surface area contributed by atoms with Crippen molar-refractivity contribution in [3.63, 3.8) is 0 Å². The Labute approximate surface area is 106 Å². The maximum Gasteiger partial charge on any atom is 0.222 e. The number of carbonyl (C=O) groups excluding carboxylic acids is 1. The van der Waals surface area contributed by atoms with Gasteiger partial charge in [0.05, 0.1) is 11.6 Å². The first-order valence-electron chi connectivity index (χ1n) is 6.17. The zero-order valence-corrected chi connectivity index (χ0v) is 10.2. The third-order valence-electron chi connectivity index (χ3n) is 3.00. The van der Waals surface area contributed by atoms with Crippen LogP contribution in [0.1, 0.15) is 24.8 Å². The normalized spacial score (nSPS) is 15.3. The van der Waals surface area contributed by atoms with Gasteiger partial charge in [-0.2, -0.15) is 5.26 Å². The SMILES string of the molecule is N#Cc1ccnc(NCCN2CCCCC2=O)c1. The van der Waals surface area contributed by atoms with E-state index in [0.29, 0.717) is 30.9 Å². The van der Waals surface area contributed by atoms with Gasteiger partial charge in [-0.15, -0.1) is 0 Å². The molecule has 0 radical (unpaired) electrons. The molecule has 5 heteroatoms. The Morgan fingerprint density at radius 2 is 2.39 bits per heavy atom. The number of nitrogens with one attached hydrogen (secondary N) is 1. The summed E-state index contributed by atoms with van der Waals surface area (Å²) in [7, 11) is 0. The largest absolute Gasteiger partial charge is 0.368 e. The summed E-state index contributed by atoms with van der Waals surface area (Å²) < 4.78 is 0. The minimum absolute atomic E-state index is 0.238. The van der Waals surface area contributed by atoms with Crippen molar-refractivity contribution in [1.29, 1.82) is 5.26 Å². The highest BCUT2D eigenvalue weighted by molar-refractivity contribution is 5.76. The lowest BCUT2D eigenvalue weighted by atomic mass is 10.1. The Bertz CT molecular complexity index is 466. The molecule has 1 aromatic heterocycles. The number of likely N-dealkylation sites (tertiary alicyclic amines) is 1. The van der Waals surface area contributed by atoms with Crippen molar-refractivity contribution in [3.05, 3.63) is 23.9 Å². The molecule has 0 atom stereocenters. The Hall–Kier alpha value is -2.09. The molecule has 0 aliphatic carbocycles. The fourth-order valence-corrected chi connectivity index (χ4v) is 2.01. The summed E-state index contributed by atoms with van der Waals surface area (Å²) in [6.07, 6.45) is 4.37. The fourth-order valence-electron chi connectivity index (χ4n) is 2.01. The molecule has 1 aliphatic heterocycles. The first-order chi connectivity index (χ1) is 8.79. The summed E-state index contributed by atoms with van der Waals surface area (Å²) in [6.45, 7) is 2.21. The lowest BCUT2D eigenvalue weighted by Crippen LogP contribution is -2.38. The molecule has 94 valence electrons. The first-order valence-corrected chi connectivity index (χ1v) is 6.17. The van der Waals surface area contributed by atoms with E-state index in [9.17, 15) is 4.79 Å². The van der Waals surface area contributed by atoms with Crippen molar-refractivity contribution >= 4 is 11.7 Å². The molecule has 18 heavy (non-hydrogen) atoms. The van der Waals surface area contributed by atoms with Gasteiger partial charge in [0.15, 0.2) is 0 Å². The molecule has 1 saturated heterocycles. The van der Waals surface area contributed by atoms with Crippen molar-refractivity contribution < 1.29 is 4.79 Å². The van der Waals surface area contributed by atoms with Gasteiger partial charge in [-0.25, -0.2) is 4.98 Å². The van der Waals surface area contributed by atoms with E-state index in [-0.39, 0.29) is 5.91 Å². The lowest BCUT2D eigenvalue weighted by Gasteiger charge is -2.26. The molecule has 0 saturated carbocycles. The highest BCUT2D eigenvalue weighted by atomic mass is 16.2. The van der Waals surface area contributed by atoms with Crippen LogP contribution < -0.4 is 5.32 Å². The Morgan fingerprint density at radius 3 is 3.17 bits per heavy atom. The van der Waals surface area contributed by atoms with E-state index >= 15 is 0 Å². The van der Waals surface area contributed by atoms with Gasteiger partial charge in [0.25, 0.3) is 0 Å². The maximum atomic E-state index is 11.6. The summed E-state index contributed by atoms with van der Waals surface area (Å²) in [5.74, 6) is 0.917. The quantitative estimate of drug-likeness (QED) is 0.868. The van der Waals surface area contributed by atoms with Crippen molar-refractivity contribution in [2.75, 3.05) is 25.0 Å². The Balaban J connectivity index is 1.81. The summed E-state index contributed by atoms with van der Waals surface area (Å²) in [5.41, 5.74) is 0.585. The van der Waals surface area contributed by atoms with Crippen LogP contribution >= 0.6 is 0 Å². The van der Waals surface area contributed by atoms with Crippen LogP contribution in [0.5, 0.6) is 0 Å². The monoisotopic (exact) mass is 244 g/mol. The van der Waals surface area contributed by atoms with E-state index < -0.39 is 0 Å². The molecule has 0 spiro atoms. The highest BCUT2D eigenvalue weighted by Gasteiger charge is 2.16. The number of rotatable bonds is 4. The van der Waals surface area contributed by atoms with Crippen LogP contribution in [-0.2, 0) is 4.79 Å². The second-order valence-corrected chi connectivity index (χ2v) is 4.31. The number of nitriles is 1. The van der Waals surface area contributed by atoms with Gasteiger partial charge in [-0.05, 0) is 25.0 Å². The van der Waals surface area contributed by atoms with Gasteiger partial charge >= 0.3 is 0 Å². The Kier molecular flexibility index (Phi) is 4.13. The van der Waals surface area contributed by atoms with Gasteiger partial charge in [0.1, 0.15) is 5.82 Å². The average Bonchev–Trinajstić information content (AvgIpc) is 2.41. The molecule has 2 heterocycles. The Morgan fingerprint density at radius 1 is 1.50 bits per heavy atom. The molecule has 0 aromatic carbocycles. The minimum atomic E-state index is 0.238. The van der Waals surface area contributed by atoms with Crippen LogP contribution in [0.2, 0.25) is 0 Å². The number of carbonyl (C=O) groups is 1. The van der Waals surface area contributed by atoms with Gasteiger partial charge in [0, 0.05) is 32.3 Å². The van der Waals surface area contributed by atoms with E-state index in [1.54, 1.807) is 18.3 Å². The van der Waals surface area contributed by atoms with Gasteiger partial charge in [0.2, 0.25) is 5.91 Å². The van der Waals surface area contributed by atoms with Crippen LogP contribution in [0.25, 0.3) is 0 Å². The fraction of sp³-hybridized carbons (Fsp3) is 0.462. The minimum Gasteiger partial charge on any atom is -0.368 e. The number of pyridine rings is 1. The number of piperidine rings is 1. The molecule has 1 N–H and O–H groups in total. The van der Waals surface area contributed by atoms with Gasteiger partial charge in [-0.1, -0.05) is 0 Å². The molecule has 1 aliphatic rings. The predicted octanol–water partition coefficient (Wildman–Crippen LogP) is 1.38. The van der Waals surface area contributed by atoms with Gasteiger partial charge in [-0.3, -0.25) is 4.79 Å². The summed E-state index contributed by atoms with van der Waals surface area (Å²) >= 11 is 0. The number of anilines is 1. The third kappa shape index (κ3) is 3.20. The van der Waals surface area contributed by atoms with Crippen molar-refractivity contribution in [3.8, 4) is 6.07 Å². The van der Waals surface area contributed by atoms with E-state index in [2.05, 4.69) is 16.4 Å². The van der Waals surface area contributed by atoms with Crippen LogP contribution in [0.15, 0.2) is 18.3 Å². The lowest BCUT2D eigenvalue weighted by molar-refractivity contribution is -0.133. The zero-order valence-electron chi connectivity index (χ0n) is 10.2. The number of hydrogen-bond acceptors (Lipinski definition) is 4. The highest BCUT2D eigenvalue weighted by Crippen LogP contribution is 2.10. The molecular formula is C13H16N4O. The van der Waals surface area contributed by atoms with E-state index in [0.717, 1.165) is 19.4 Å². The van der Waals surface area contributed by atoms with E-state index in [4.69, 9.17) is 5.26 Å². The standard InChI is InChI=1S/C13H16N4O/c14-10-11-4-5-15-12(9-11)16-6-8-17-7-2-1-3-13(17)18/h4-5,9H,1-3,6-8H2,(H,15,16). The molecule has 2 rings (SSSR count). The number of aromatic nitrogens is 1. The topological polar surface area (TPSA) is 69.0 Å². The summed E-state index contributed by atoms with van der Waals surface area (Å²) in [6, 6.07) is 5.44. The smallest absolute Gasteiger partial charge is 0.222 e. The van der Waals surface area contributed by atoms with E-state index in [1.165, 1.54) is 0 Å². The van der Waals surface area contributed by atoms with Crippen molar-refractivity contribution in [2.45, 2.75) is 19.3 Å². The van der Waals surface area contributed by atoms with Gasteiger partial charge < -0.3 is 10.2 Å². The average molecular weight is 244 g/mol. The molecule has 5 nitrogen and oxygen atoms in total.